The molecule has 38 heavy (non-hydrogen) atoms. The second-order valence-electron chi connectivity index (χ2n) is 8.24. The highest BCUT2D eigenvalue weighted by molar-refractivity contribution is 6.33. The number of rotatable bonds is 8. The highest BCUT2D eigenvalue weighted by atomic mass is 35.5. The first-order valence-corrected chi connectivity index (χ1v) is 11.9. The van der Waals surface area contributed by atoms with Gasteiger partial charge in [-0.3, -0.25) is 30.0 Å². The molecule has 3 aromatic carbocycles. The van der Waals surface area contributed by atoms with E-state index in [0.717, 1.165) is 0 Å². The van der Waals surface area contributed by atoms with Crippen LogP contribution in [0.25, 0.3) is 0 Å². The minimum atomic E-state index is -0.745. The van der Waals surface area contributed by atoms with Gasteiger partial charge in [0.05, 0.1) is 23.6 Å². The third kappa shape index (κ3) is 6.40. The summed E-state index contributed by atoms with van der Waals surface area (Å²) in [7, 11) is 1.55. The Morgan fingerprint density at radius 1 is 0.947 bits per heavy atom. The van der Waals surface area contributed by atoms with Gasteiger partial charge >= 0.3 is 5.97 Å². The van der Waals surface area contributed by atoms with Gasteiger partial charge < -0.3 is 19.1 Å². The smallest absolute Gasteiger partial charge is 0.311 e. The van der Waals surface area contributed by atoms with Gasteiger partial charge in [-0.15, -0.1) is 0 Å². The first-order chi connectivity index (χ1) is 18.4. The third-order valence-electron chi connectivity index (χ3n) is 5.68. The molecule has 10 nitrogen and oxygen atoms in total. The number of hydrazine groups is 1. The summed E-state index contributed by atoms with van der Waals surface area (Å²) >= 11 is 5.94. The number of nitrogens with one attached hydrogen (secondary N) is 2. The van der Waals surface area contributed by atoms with Crippen LogP contribution in [0, 0.1) is 5.92 Å². The molecule has 11 heteroatoms. The average Bonchev–Trinajstić information content (AvgIpc) is 3.33. The number of halogens is 1. The molecule has 0 radical (unpaired) electrons. The van der Waals surface area contributed by atoms with Crippen molar-refractivity contribution in [1.29, 1.82) is 0 Å². The van der Waals surface area contributed by atoms with E-state index in [9.17, 15) is 19.2 Å². The lowest BCUT2D eigenvalue weighted by atomic mass is 10.1. The maximum absolute atomic E-state index is 12.6. The van der Waals surface area contributed by atoms with Gasteiger partial charge in [0.2, 0.25) is 5.91 Å². The molecule has 1 atom stereocenters. The fourth-order valence-electron chi connectivity index (χ4n) is 3.77. The highest BCUT2D eigenvalue weighted by Crippen LogP contribution is 2.33. The van der Waals surface area contributed by atoms with E-state index in [1.807, 2.05) is 12.1 Å². The predicted octanol–water partition coefficient (Wildman–Crippen LogP) is 3.50. The van der Waals surface area contributed by atoms with Gasteiger partial charge in [0.1, 0.15) is 5.75 Å². The van der Waals surface area contributed by atoms with Crippen molar-refractivity contribution < 1.29 is 33.4 Å². The summed E-state index contributed by atoms with van der Waals surface area (Å²) in [5.41, 5.74) is 5.13. The van der Waals surface area contributed by atoms with E-state index in [0.29, 0.717) is 22.9 Å². The Hall–Kier alpha value is -4.57. The number of benzene rings is 3. The number of carbonyl (C=O) groups excluding carboxylic acids is 4. The van der Waals surface area contributed by atoms with Crippen LogP contribution in [0.3, 0.4) is 0 Å². The van der Waals surface area contributed by atoms with Crippen molar-refractivity contribution in [3.63, 3.8) is 0 Å². The average molecular weight is 538 g/mol. The molecule has 4 rings (SSSR count). The molecule has 1 aliphatic rings. The van der Waals surface area contributed by atoms with Crippen molar-refractivity contribution in [3.05, 3.63) is 83.4 Å². The topological polar surface area (TPSA) is 123 Å². The van der Waals surface area contributed by atoms with Crippen LogP contribution in [0.4, 0.5) is 5.69 Å². The van der Waals surface area contributed by atoms with Gasteiger partial charge in [-0.05, 0) is 48.5 Å². The molecule has 0 saturated carbocycles. The van der Waals surface area contributed by atoms with Crippen LogP contribution in [-0.2, 0) is 19.1 Å². The van der Waals surface area contributed by atoms with Gasteiger partial charge in [0, 0.05) is 18.7 Å². The molecule has 0 aromatic heterocycles. The lowest BCUT2D eigenvalue weighted by molar-refractivity contribution is -0.152. The summed E-state index contributed by atoms with van der Waals surface area (Å²) in [6.07, 6.45) is -0.0524. The number of hydrogen-bond acceptors (Lipinski definition) is 7. The van der Waals surface area contributed by atoms with Crippen molar-refractivity contribution in [2.24, 2.45) is 5.92 Å². The maximum atomic E-state index is 12.6. The SMILES string of the molecule is COc1ccccc1Oc1ccc(N2C[C@H](C(=O)OCC(=O)NNC(=O)c3ccccc3Cl)CC2=O)cc1. The number of methoxy groups -OCH3 is 1. The second kappa shape index (κ2) is 12.1. The van der Waals surface area contributed by atoms with Crippen LogP contribution in [0.1, 0.15) is 16.8 Å². The van der Waals surface area contributed by atoms with Crippen LogP contribution in [0.15, 0.2) is 72.8 Å². The molecular weight excluding hydrogens is 514 g/mol. The van der Waals surface area contributed by atoms with Crippen LogP contribution >= 0.6 is 11.6 Å². The maximum Gasteiger partial charge on any atom is 0.311 e. The van der Waals surface area contributed by atoms with Gasteiger partial charge in [-0.1, -0.05) is 35.9 Å². The van der Waals surface area contributed by atoms with Gasteiger partial charge in [-0.2, -0.15) is 0 Å². The minimum absolute atomic E-state index is 0.0524. The lowest BCUT2D eigenvalue weighted by Gasteiger charge is -2.17. The molecule has 0 unspecified atom stereocenters. The number of anilines is 1. The zero-order valence-electron chi connectivity index (χ0n) is 20.3. The zero-order chi connectivity index (χ0) is 27.1. The quantitative estimate of drug-likeness (QED) is 0.333. The number of nitrogens with zero attached hydrogens (tertiary/aromatic N) is 1. The Bertz CT molecular complexity index is 1350. The minimum Gasteiger partial charge on any atom is -0.493 e. The number of esters is 1. The molecule has 1 aliphatic heterocycles. The van der Waals surface area contributed by atoms with Crippen molar-refractivity contribution >= 4 is 41.0 Å². The second-order valence-corrected chi connectivity index (χ2v) is 8.65. The molecule has 1 heterocycles. The predicted molar refractivity (Wildman–Crippen MR) is 138 cm³/mol. The number of ether oxygens (including phenoxy) is 3. The van der Waals surface area contributed by atoms with E-state index in [1.165, 1.54) is 17.0 Å². The highest BCUT2D eigenvalue weighted by Gasteiger charge is 2.36. The molecular formula is C27H24ClN3O7. The molecule has 0 bridgehead atoms. The van der Waals surface area contributed by atoms with E-state index in [-0.39, 0.29) is 29.5 Å². The Balaban J connectivity index is 1.26. The summed E-state index contributed by atoms with van der Waals surface area (Å²) < 4.78 is 16.2. The monoisotopic (exact) mass is 537 g/mol. The Morgan fingerprint density at radius 2 is 1.63 bits per heavy atom. The standard InChI is InChI=1S/C27H24ClN3O7/c1-36-22-8-4-5-9-23(22)38-19-12-10-18(11-13-19)31-15-17(14-25(31)33)27(35)37-16-24(32)29-30-26(34)20-6-2-3-7-21(20)28/h2-13,17H,14-16H2,1H3,(H,29,32)(H,30,34)/t17-/m1/s1. The largest absolute Gasteiger partial charge is 0.493 e. The van der Waals surface area contributed by atoms with Crippen molar-refractivity contribution in [3.8, 4) is 17.2 Å². The number of amides is 3. The number of hydrogen-bond donors (Lipinski definition) is 2. The van der Waals surface area contributed by atoms with Crippen molar-refractivity contribution in [2.45, 2.75) is 6.42 Å². The van der Waals surface area contributed by atoms with E-state index in [1.54, 1.807) is 55.6 Å². The molecule has 1 fully saturated rings. The van der Waals surface area contributed by atoms with Gasteiger partial charge in [-0.25, -0.2) is 0 Å². The third-order valence-corrected chi connectivity index (χ3v) is 6.01. The normalized spacial score (nSPS) is 14.5. The number of carbonyl (C=O) groups is 4. The molecule has 3 amide bonds. The fraction of sp³-hybridized carbons (Fsp3) is 0.185. The molecule has 2 N–H and O–H groups in total. The van der Waals surface area contributed by atoms with Gasteiger partial charge in [0.15, 0.2) is 18.1 Å². The Morgan fingerprint density at radius 3 is 2.34 bits per heavy atom. The van der Waals surface area contributed by atoms with E-state index in [4.69, 9.17) is 25.8 Å². The van der Waals surface area contributed by atoms with Crippen molar-refractivity contribution in [2.75, 3.05) is 25.2 Å². The zero-order valence-corrected chi connectivity index (χ0v) is 21.1. The van der Waals surface area contributed by atoms with Gasteiger partial charge in [0.25, 0.3) is 11.8 Å². The first-order valence-electron chi connectivity index (χ1n) is 11.6. The summed E-state index contributed by atoms with van der Waals surface area (Å²) in [6.45, 7) is -0.517. The van der Waals surface area contributed by atoms with E-state index in [2.05, 4.69) is 10.9 Å². The summed E-state index contributed by atoms with van der Waals surface area (Å²) in [5.74, 6) is -1.35. The van der Waals surface area contributed by atoms with Crippen LogP contribution in [0.2, 0.25) is 5.02 Å². The molecule has 0 spiro atoms. The van der Waals surface area contributed by atoms with E-state index < -0.39 is 30.3 Å². The molecule has 0 aliphatic carbocycles. The lowest BCUT2D eigenvalue weighted by Crippen LogP contribution is -2.44. The molecule has 1 saturated heterocycles. The first kappa shape index (κ1) is 26.5. The Kier molecular flexibility index (Phi) is 8.44. The number of para-hydroxylation sites is 2. The molecule has 196 valence electrons. The van der Waals surface area contributed by atoms with Crippen LogP contribution < -0.4 is 25.2 Å². The van der Waals surface area contributed by atoms with E-state index >= 15 is 0 Å². The van der Waals surface area contributed by atoms with Crippen LogP contribution in [0.5, 0.6) is 17.2 Å². The molecule has 3 aromatic rings. The van der Waals surface area contributed by atoms with Crippen molar-refractivity contribution in [1.82, 2.24) is 10.9 Å². The van der Waals surface area contributed by atoms with Crippen LogP contribution in [-0.4, -0.2) is 44.0 Å². The summed E-state index contributed by atoms with van der Waals surface area (Å²) in [5, 5.41) is 0.222. The summed E-state index contributed by atoms with van der Waals surface area (Å²) in [4.78, 5) is 50.6. The summed E-state index contributed by atoms with van der Waals surface area (Å²) in [6, 6.07) is 20.4. The fourth-order valence-corrected chi connectivity index (χ4v) is 3.99. The Labute approximate surface area is 223 Å².